The molecule has 0 bridgehead atoms. The maximum absolute atomic E-state index is 12.3. The minimum atomic E-state index is -0.432. The highest BCUT2D eigenvalue weighted by molar-refractivity contribution is 6.33. The van der Waals surface area contributed by atoms with Gasteiger partial charge in [-0.25, -0.2) is 0 Å². The van der Waals surface area contributed by atoms with Crippen LogP contribution in [0, 0.1) is 11.3 Å². The molecular formula is C18H24ClN3O. The van der Waals surface area contributed by atoms with Crippen LogP contribution in [0.2, 0.25) is 5.02 Å². The van der Waals surface area contributed by atoms with Crippen molar-refractivity contribution in [3.8, 4) is 6.07 Å². The monoisotopic (exact) mass is 333 g/mol. The van der Waals surface area contributed by atoms with Crippen LogP contribution in [0.3, 0.4) is 0 Å². The molecule has 0 atom stereocenters. The number of hydrogen-bond donors (Lipinski definition) is 1. The van der Waals surface area contributed by atoms with E-state index in [0.717, 1.165) is 38.8 Å². The Balaban J connectivity index is 2.83. The molecule has 0 heterocycles. The first-order chi connectivity index (χ1) is 11.1. The van der Waals surface area contributed by atoms with Crippen LogP contribution in [-0.4, -0.2) is 23.9 Å². The third kappa shape index (κ3) is 6.75. The van der Waals surface area contributed by atoms with Crippen LogP contribution < -0.4 is 5.32 Å². The number of rotatable bonds is 9. The Morgan fingerprint density at radius 1 is 1.26 bits per heavy atom. The van der Waals surface area contributed by atoms with Crippen molar-refractivity contribution in [2.75, 3.05) is 18.4 Å². The first-order valence-electron chi connectivity index (χ1n) is 8.04. The number of carbonyl (C=O) groups is 1. The number of unbranched alkanes of at least 4 members (excludes halogenated alkanes) is 2. The van der Waals surface area contributed by atoms with Crippen molar-refractivity contribution in [2.45, 2.75) is 39.5 Å². The van der Waals surface area contributed by atoms with Gasteiger partial charge in [-0.15, -0.1) is 0 Å². The van der Waals surface area contributed by atoms with Gasteiger partial charge in [-0.05, 0) is 25.0 Å². The highest BCUT2D eigenvalue weighted by Gasteiger charge is 2.12. The van der Waals surface area contributed by atoms with Crippen molar-refractivity contribution in [3.63, 3.8) is 0 Å². The summed E-state index contributed by atoms with van der Waals surface area (Å²) < 4.78 is 0. The topological polar surface area (TPSA) is 56.1 Å². The van der Waals surface area contributed by atoms with Gasteiger partial charge in [-0.1, -0.05) is 50.4 Å². The molecule has 0 aliphatic carbocycles. The van der Waals surface area contributed by atoms with E-state index < -0.39 is 5.91 Å². The van der Waals surface area contributed by atoms with Gasteiger partial charge in [0.05, 0.1) is 10.7 Å². The second kappa shape index (κ2) is 10.7. The number of benzene rings is 1. The highest BCUT2D eigenvalue weighted by atomic mass is 35.5. The van der Waals surface area contributed by atoms with E-state index in [1.54, 1.807) is 30.5 Å². The average Bonchev–Trinajstić information content (AvgIpc) is 2.56. The minimum Gasteiger partial charge on any atom is -0.376 e. The Morgan fingerprint density at radius 2 is 1.87 bits per heavy atom. The number of amides is 1. The molecule has 1 aromatic rings. The summed E-state index contributed by atoms with van der Waals surface area (Å²) >= 11 is 6.03. The van der Waals surface area contributed by atoms with Crippen molar-refractivity contribution in [1.29, 1.82) is 5.26 Å². The molecule has 0 saturated heterocycles. The molecule has 0 radical (unpaired) electrons. The largest absolute Gasteiger partial charge is 0.376 e. The first kappa shape index (κ1) is 19.1. The van der Waals surface area contributed by atoms with Crippen molar-refractivity contribution < 1.29 is 4.79 Å². The molecule has 23 heavy (non-hydrogen) atoms. The van der Waals surface area contributed by atoms with Crippen LogP contribution in [0.1, 0.15) is 39.5 Å². The molecule has 5 heteroatoms. The molecule has 1 aromatic carbocycles. The van der Waals surface area contributed by atoms with E-state index in [4.69, 9.17) is 11.6 Å². The molecule has 0 aliphatic rings. The third-order valence-electron chi connectivity index (χ3n) is 3.40. The van der Waals surface area contributed by atoms with Gasteiger partial charge in [0.1, 0.15) is 11.6 Å². The maximum Gasteiger partial charge on any atom is 0.267 e. The number of halogens is 1. The van der Waals surface area contributed by atoms with E-state index in [-0.39, 0.29) is 5.57 Å². The number of nitriles is 1. The van der Waals surface area contributed by atoms with Gasteiger partial charge in [0.25, 0.3) is 5.91 Å². The second-order valence-electron chi connectivity index (χ2n) is 5.33. The lowest BCUT2D eigenvalue weighted by molar-refractivity contribution is -0.112. The lowest BCUT2D eigenvalue weighted by Gasteiger charge is -2.20. The van der Waals surface area contributed by atoms with Crippen molar-refractivity contribution >= 4 is 23.2 Å². The van der Waals surface area contributed by atoms with Crippen LogP contribution in [0.15, 0.2) is 36.0 Å². The van der Waals surface area contributed by atoms with Crippen LogP contribution in [0.4, 0.5) is 5.69 Å². The third-order valence-corrected chi connectivity index (χ3v) is 3.73. The lowest BCUT2D eigenvalue weighted by atomic mass is 10.2. The summed E-state index contributed by atoms with van der Waals surface area (Å²) in [5.41, 5.74) is 0.603. The molecule has 1 rings (SSSR count). The molecule has 1 N–H and O–H groups in total. The minimum absolute atomic E-state index is 0.0946. The molecular weight excluding hydrogens is 310 g/mol. The Morgan fingerprint density at radius 3 is 2.39 bits per heavy atom. The molecule has 0 aliphatic heterocycles. The van der Waals surface area contributed by atoms with E-state index >= 15 is 0 Å². The van der Waals surface area contributed by atoms with Crippen LogP contribution in [0.25, 0.3) is 0 Å². The summed E-state index contributed by atoms with van der Waals surface area (Å²) in [5, 5.41) is 12.4. The predicted octanol–water partition coefficient (Wildman–Crippen LogP) is 4.59. The predicted molar refractivity (Wildman–Crippen MR) is 95.2 cm³/mol. The molecule has 1 amide bonds. The SMILES string of the molecule is CCCCN(/C=C(/C#N)C(=O)Nc1ccccc1Cl)CCCC. The fraction of sp³-hybridized carbons (Fsp3) is 0.444. The summed E-state index contributed by atoms with van der Waals surface area (Å²) in [5.74, 6) is -0.432. The average molecular weight is 334 g/mol. The zero-order valence-corrected chi connectivity index (χ0v) is 14.6. The van der Waals surface area contributed by atoms with Crippen molar-refractivity contribution in [2.24, 2.45) is 0 Å². The van der Waals surface area contributed by atoms with Gasteiger partial charge in [0.15, 0.2) is 0 Å². The number of para-hydroxylation sites is 1. The van der Waals surface area contributed by atoms with Gasteiger partial charge in [-0.3, -0.25) is 4.79 Å². The van der Waals surface area contributed by atoms with Gasteiger partial charge < -0.3 is 10.2 Å². The summed E-state index contributed by atoms with van der Waals surface area (Å²) in [4.78, 5) is 14.3. The highest BCUT2D eigenvalue weighted by Crippen LogP contribution is 2.21. The first-order valence-corrected chi connectivity index (χ1v) is 8.42. The number of nitrogens with one attached hydrogen (secondary N) is 1. The molecule has 0 saturated carbocycles. The second-order valence-corrected chi connectivity index (χ2v) is 5.74. The summed E-state index contributed by atoms with van der Waals surface area (Å²) in [6.07, 6.45) is 5.88. The van der Waals surface area contributed by atoms with Crippen LogP contribution >= 0.6 is 11.6 Å². The zero-order valence-electron chi connectivity index (χ0n) is 13.8. The molecule has 0 spiro atoms. The molecule has 0 aromatic heterocycles. The lowest BCUT2D eigenvalue weighted by Crippen LogP contribution is -2.23. The van der Waals surface area contributed by atoms with E-state index in [2.05, 4.69) is 24.1 Å². The summed E-state index contributed by atoms with van der Waals surface area (Å²) in [6.45, 7) is 5.94. The van der Waals surface area contributed by atoms with Gasteiger partial charge in [0.2, 0.25) is 0 Å². The standard InChI is InChI=1S/C18H24ClN3O/c1-3-5-11-22(12-6-4-2)14-15(13-20)18(23)21-17-10-8-7-9-16(17)19/h7-10,14H,3-6,11-12H2,1-2H3,(H,21,23)/b15-14-. The Bertz CT molecular complexity index is 570. The van der Waals surface area contributed by atoms with Gasteiger partial charge >= 0.3 is 0 Å². The van der Waals surface area contributed by atoms with Crippen molar-refractivity contribution in [1.82, 2.24) is 4.90 Å². The van der Waals surface area contributed by atoms with E-state index in [1.165, 1.54) is 0 Å². The summed E-state index contributed by atoms with van der Waals surface area (Å²) in [6, 6.07) is 8.97. The Hall–Kier alpha value is -1.99. The fourth-order valence-corrected chi connectivity index (χ4v) is 2.22. The van der Waals surface area contributed by atoms with Gasteiger partial charge in [0, 0.05) is 19.3 Å². The molecule has 0 fully saturated rings. The molecule has 0 unspecified atom stereocenters. The van der Waals surface area contributed by atoms with E-state index in [9.17, 15) is 10.1 Å². The summed E-state index contributed by atoms with van der Waals surface area (Å²) in [7, 11) is 0. The Kier molecular flexibility index (Phi) is 8.86. The normalized spacial score (nSPS) is 11.0. The number of hydrogen-bond acceptors (Lipinski definition) is 3. The van der Waals surface area contributed by atoms with Crippen LogP contribution in [0.5, 0.6) is 0 Å². The molecule has 4 nitrogen and oxygen atoms in total. The fourth-order valence-electron chi connectivity index (χ4n) is 2.04. The quantitative estimate of drug-likeness (QED) is 0.531. The number of nitrogens with zero attached hydrogens (tertiary/aromatic N) is 2. The number of carbonyl (C=O) groups excluding carboxylic acids is 1. The van der Waals surface area contributed by atoms with Crippen molar-refractivity contribution in [3.05, 3.63) is 41.1 Å². The van der Waals surface area contributed by atoms with E-state index in [0.29, 0.717) is 10.7 Å². The molecule has 124 valence electrons. The number of anilines is 1. The van der Waals surface area contributed by atoms with Crippen LogP contribution in [-0.2, 0) is 4.79 Å². The zero-order chi connectivity index (χ0) is 17.1. The Labute approximate surface area is 143 Å². The maximum atomic E-state index is 12.3. The smallest absolute Gasteiger partial charge is 0.267 e. The van der Waals surface area contributed by atoms with E-state index in [1.807, 2.05) is 6.07 Å². The van der Waals surface area contributed by atoms with Gasteiger partial charge in [-0.2, -0.15) is 5.26 Å².